The quantitative estimate of drug-likeness (QED) is 0.679. The third kappa shape index (κ3) is 3.61. The van der Waals surface area contributed by atoms with E-state index in [0.29, 0.717) is 36.8 Å². The number of nitrogens with zero attached hydrogens (tertiary/aromatic N) is 4. The van der Waals surface area contributed by atoms with Gasteiger partial charge in [0.15, 0.2) is 5.13 Å². The maximum absolute atomic E-state index is 13.0. The number of anilines is 1. The van der Waals surface area contributed by atoms with E-state index in [9.17, 15) is 18.0 Å². The summed E-state index contributed by atoms with van der Waals surface area (Å²) in [6.07, 6.45) is 0.369. The Morgan fingerprint density at radius 2 is 2.21 bits per heavy atom. The number of hydrogen-bond donors (Lipinski definition) is 1. The van der Waals surface area contributed by atoms with Crippen LogP contribution in [0.5, 0.6) is 0 Å². The van der Waals surface area contributed by atoms with Crippen molar-refractivity contribution >= 4 is 38.7 Å². The number of thiazole rings is 1. The third-order valence-corrected chi connectivity index (χ3v) is 8.06. The van der Waals surface area contributed by atoms with Crippen molar-refractivity contribution in [2.45, 2.75) is 45.4 Å². The topological polar surface area (TPSA) is 126 Å². The van der Waals surface area contributed by atoms with Gasteiger partial charge in [-0.2, -0.15) is 17.0 Å². The van der Waals surface area contributed by atoms with Crippen LogP contribution in [-0.2, 0) is 26.3 Å². The van der Waals surface area contributed by atoms with Crippen molar-refractivity contribution in [1.82, 2.24) is 13.6 Å². The van der Waals surface area contributed by atoms with E-state index < -0.39 is 28.3 Å². The molecule has 0 unspecified atom stereocenters. The van der Waals surface area contributed by atoms with Gasteiger partial charge in [0.1, 0.15) is 6.61 Å². The van der Waals surface area contributed by atoms with Crippen LogP contribution in [0.25, 0.3) is 0 Å². The van der Waals surface area contributed by atoms with Crippen LogP contribution >= 0.6 is 11.3 Å². The highest BCUT2D eigenvalue weighted by atomic mass is 32.2. The lowest BCUT2D eigenvalue weighted by molar-refractivity contribution is -0.120. The van der Waals surface area contributed by atoms with Crippen molar-refractivity contribution in [3.63, 3.8) is 0 Å². The summed E-state index contributed by atoms with van der Waals surface area (Å²) in [6, 6.07) is -0.686. The highest BCUT2D eigenvalue weighted by molar-refractivity contribution is 7.86. The zero-order chi connectivity index (χ0) is 20.6. The van der Waals surface area contributed by atoms with Crippen LogP contribution < -0.4 is 10.6 Å². The van der Waals surface area contributed by atoms with Gasteiger partial charge >= 0.3 is 6.09 Å². The van der Waals surface area contributed by atoms with Gasteiger partial charge in [-0.25, -0.2) is 9.78 Å². The zero-order valence-electron chi connectivity index (χ0n) is 16.1. The van der Waals surface area contributed by atoms with Gasteiger partial charge in [-0.1, -0.05) is 13.8 Å². The standard InChI is InChI=1S/C16H25N5O5S2/c1-4-6-19(3)28(24,25)20-7-5-12-13(20)10(2)14(22)21(12)16-18-11(9-27-16)8-26-15(17)23/h9-10,12-13H,4-8H2,1-3H3,(H2,17,23)/t10-,12-,13+/m0/s1. The Kier molecular flexibility index (Phi) is 5.94. The molecule has 3 rings (SSSR count). The first-order valence-electron chi connectivity index (χ1n) is 9.11. The molecule has 0 radical (unpaired) electrons. The number of aromatic nitrogens is 1. The first-order chi connectivity index (χ1) is 13.2. The van der Waals surface area contributed by atoms with Crippen molar-refractivity contribution in [2.24, 2.45) is 11.7 Å². The van der Waals surface area contributed by atoms with Crippen molar-refractivity contribution in [2.75, 3.05) is 25.0 Å². The minimum atomic E-state index is -3.63. The minimum absolute atomic E-state index is 0.0696. The molecule has 2 aliphatic rings. The predicted octanol–water partition coefficient (Wildman–Crippen LogP) is 0.751. The van der Waals surface area contributed by atoms with E-state index in [1.165, 1.54) is 19.9 Å². The fraction of sp³-hybridized carbons (Fsp3) is 0.688. The first-order valence-corrected chi connectivity index (χ1v) is 11.4. The Morgan fingerprint density at radius 3 is 2.86 bits per heavy atom. The molecule has 2 amide bonds. The molecule has 12 heteroatoms. The zero-order valence-corrected chi connectivity index (χ0v) is 17.7. The monoisotopic (exact) mass is 431 g/mol. The van der Waals surface area contributed by atoms with E-state index in [1.54, 1.807) is 24.3 Å². The number of nitrogens with two attached hydrogens (primary N) is 1. The van der Waals surface area contributed by atoms with Gasteiger partial charge in [-0.05, 0) is 12.8 Å². The highest BCUT2D eigenvalue weighted by Crippen LogP contribution is 2.41. The molecule has 0 aliphatic carbocycles. The third-order valence-electron chi connectivity index (χ3n) is 5.18. The summed E-state index contributed by atoms with van der Waals surface area (Å²) in [5, 5.41) is 2.18. The molecule has 2 N–H and O–H groups in total. The Labute approximate surface area is 168 Å². The van der Waals surface area contributed by atoms with Gasteiger partial charge in [0.25, 0.3) is 10.2 Å². The molecule has 2 fully saturated rings. The van der Waals surface area contributed by atoms with E-state index in [-0.39, 0.29) is 18.6 Å². The Hall–Kier alpha value is -1.76. The second kappa shape index (κ2) is 7.93. The second-order valence-corrected chi connectivity index (χ2v) is 9.84. The Morgan fingerprint density at radius 1 is 1.50 bits per heavy atom. The fourth-order valence-electron chi connectivity index (χ4n) is 3.90. The lowest BCUT2D eigenvalue weighted by Crippen LogP contribution is -2.48. The van der Waals surface area contributed by atoms with Crippen LogP contribution in [0.3, 0.4) is 0 Å². The fourth-order valence-corrected chi connectivity index (χ4v) is 6.51. The maximum Gasteiger partial charge on any atom is 0.404 e. The van der Waals surface area contributed by atoms with Crippen LogP contribution in [0.4, 0.5) is 9.93 Å². The molecule has 1 aromatic rings. The Bertz CT molecular complexity index is 857. The lowest BCUT2D eigenvalue weighted by atomic mass is 10.0. The lowest BCUT2D eigenvalue weighted by Gasteiger charge is -2.29. The van der Waals surface area contributed by atoms with Crippen LogP contribution in [0.1, 0.15) is 32.4 Å². The maximum atomic E-state index is 13.0. The van der Waals surface area contributed by atoms with Gasteiger partial charge in [0, 0.05) is 25.5 Å². The van der Waals surface area contributed by atoms with Gasteiger partial charge in [-0.15, -0.1) is 11.3 Å². The summed E-state index contributed by atoms with van der Waals surface area (Å²) in [5.74, 6) is -0.615. The normalized spacial score (nSPS) is 25.5. The molecule has 0 spiro atoms. The number of rotatable bonds is 7. The molecule has 2 aliphatic heterocycles. The molecular formula is C16H25N5O5S2. The predicted molar refractivity (Wildman–Crippen MR) is 104 cm³/mol. The molecule has 1 aromatic heterocycles. The van der Waals surface area contributed by atoms with Gasteiger partial charge in [0.2, 0.25) is 5.91 Å². The summed E-state index contributed by atoms with van der Waals surface area (Å²) in [4.78, 5) is 29.6. The van der Waals surface area contributed by atoms with Crippen LogP contribution in [0.15, 0.2) is 5.38 Å². The summed E-state index contributed by atoms with van der Waals surface area (Å²) in [5.41, 5.74) is 5.46. The number of ether oxygens (including phenoxy) is 1. The average molecular weight is 432 g/mol. The SMILES string of the molecule is CCCN(C)S(=O)(=O)N1CC[C@H]2[C@H]1[C@H](C)C(=O)N2c1nc(COC(N)=O)cs1. The summed E-state index contributed by atoms with van der Waals surface area (Å²) >= 11 is 1.26. The van der Waals surface area contributed by atoms with Crippen LogP contribution in [0, 0.1) is 5.92 Å². The summed E-state index contributed by atoms with van der Waals surface area (Å²) in [6.45, 7) is 4.41. The molecule has 28 heavy (non-hydrogen) atoms. The van der Waals surface area contributed by atoms with Gasteiger partial charge in [0.05, 0.1) is 23.7 Å². The minimum Gasteiger partial charge on any atom is -0.443 e. The van der Waals surface area contributed by atoms with Crippen LogP contribution in [-0.4, -0.2) is 66.2 Å². The number of carbonyl (C=O) groups excluding carboxylic acids is 2. The number of carbonyl (C=O) groups is 2. The van der Waals surface area contributed by atoms with Crippen LogP contribution in [0.2, 0.25) is 0 Å². The van der Waals surface area contributed by atoms with Gasteiger partial charge < -0.3 is 10.5 Å². The molecule has 10 nitrogen and oxygen atoms in total. The summed E-state index contributed by atoms with van der Waals surface area (Å²) < 4.78 is 33.5. The number of amides is 2. The number of fused-ring (bicyclic) bond motifs is 1. The molecule has 0 bridgehead atoms. The number of hydrogen-bond acceptors (Lipinski definition) is 7. The van der Waals surface area contributed by atoms with Gasteiger partial charge in [-0.3, -0.25) is 9.69 Å². The van der Waals surface area contributed by atoms with E-state index >= 15 is 0 Å². The molecule has 3 heterocycles. The molecule has 3 atom stereocenters. The molecule has 0 saturated carbocycles. The average Bonchev–Trinajstić information content (AvgIpc) is 3.32. The van der Waals surface area contributed by atoms with E-state index in [0.717, 1.165) is 0 Å². The largest absolute Gasteiger partial charge is 0.443 e. The molecule has 0 aromatic carbocycles. The highest BCUT2D eigenvalue weighted by Gasteiger charge is 2.56. The van der Waals surface area contributed by atoms with Crippen molar-refractivity contribution in [3.8, 4) is 0 Å². The van der Waals surface area contributed by atoms with E-state index in [1.807, 2.05) is 6.92 Å². The smallest absolute Gasteiger partial charge is 0.404 e. The van der Waals surface area contributed by atoms with E-state index in [4.69, 9.17) is 10.5 Å². The molecule has 156 valence electrons. The first kappa shape index (κ1) is 21.0. The van der Waals surface area contributed by atoms with Crippen molar-refractivity contribution < 1.29 is 22.7 Å². The second-order valence-electron chi connectivity index (χ2n) is 7.01. The number of primary amides is 1. The van der Waals surface area contributed by atoms with Crippen molar-refractivity contribution in [1.29, 1.82) is 0 Å². The van der Waals surface area contributed by atoms with E-state index in [2.05, 4.69) is 4.98 Å². The van der Waals surface area contributed by atoms with Crippen molar-refractivity contribution in [3.05, 3.63) is 11.1 Å². The molecular weight excluding hydrogens is 406 g/mol. The molecule has 2 saturated heterocycles. The summed E-state index contributed by atoms with van der Waals surface area (Å²) in [7, 11) is -2.06. The Balaban J connectivity index is 1.83.